The number of amides is 1. The molecule has 24 nitrogen and oxygen atoms in total. The summed E-state index contributed by atoms with van der Waals surface area (Å²) in [7, 11) is 1.34. The van der Waals surface area contributed by atoms with Crippen LogP contribution in [-0.4, -0.2) is 129 Å². The maximum absolute atomic E-state index is 13.6. The standard InChI is InChI=1S/C27H29NO10.C19H20N8O5/c1-10-22(30)14(28)7-17(37-10)38-16-9-27(35,11(2)29)8-13-19(16)26(34)21-20(24(13)32)23(31)12-5-4-6-15(36-3)18(12)25(21)33;20-15-14-16(27-19(21)26-15)23-8-11(24-14)7-22-10-3-1-9(2-4-10)17(30)25-12(18(31)32)5-6-13(28)29/h4-6,10,14,16-17,22,30,32,34-35H,7-9,28H2,1-3H3;1-4,8,12,22H,5-7H2,(H,25,30)(H,28,29)(H,31,32)(H4,20,21,23,26,27)/t10-,14-,16-,17-,22+,27-;/m0./s1. The average Bonchev–Trinajstić information content (AvgIpc) is 3.31. The van der Waals surface area contributed by atoms with Crippen LogP contribution in [0.25, 0.3) is 11.2 Å². The van der Waals surface area contributed by atoms with E-state index in [2.05, 4.69) is 30.6 Å². The van der Waals surface area contributed by atoms with Gasteiger partial charge in [-0.3, -0.25) is 24.0 Å². The fourth-order valence-electron chi connectivity index (χ4n) is 8.43. The van der Waals surface area contributed by atoms with E-state index in [-0.39, 0.29) is 76.7 Å². The number of carboxylic acids is 2. The minimum absolute atomic E-state index is 0.0101. The van der Waals surface area contributed by atoms with E-state index in [9.17, 15) is 49.2 Å². The Morgan fingerprint density at radius 2 is 1.67 bits per heavy atom. The van der Waals surface area contributed by atoms with Gasteiger partial charge >= 0.3 is 11.9 Å². The number of aliphatic hydroxyl groups excluding tert-OH is 1. The first-order chi connectivity index (χ1) is 33.1. The van der Waals surface area contributed by atoms with Gasteiger partial charge in [0.1, 0.15) is 28.9 Å². The number of nitrogens with one attached hydrogen (secondary N) is 2. The highest BCUT2D eigenvalue weighted by Gasteiger charge is 2.49. The molecule has 24 heteroatoms. The molecule has 3 aliphatic rings. The number of carbonyl (C=O) groups excluding carboxylic acids is 4. The number of phenolic OH excluding ortho intramolecular Hbond substituents is 2. The summed E-state index contributed by atoms with van der Waals surface area (Å²) in [6, 6.07) is 8.73. The summed E-state index contributed by atoms with van der Waals surface area (Å²) in [6.45, 7) is 3.09. The maximum atomic E-state index is 13.6. The van der Waals surface area contributed by atoms with Gasteiger partial charge in [-0.05, 0) is 50.6 Å². The molecule has 3 aromatic carbocycles. The molecular weight excluding hydrogens is 919 g/mol. The smallest absolute Gasteiger partial charge is 0.326 e. The topological polar surface area (TPSA) is 405 Å². The molecule has 0 radical (unpaired) electrons. The van der Waals surface area contributed by atoms with E-state index in [1.54, 1.807) is 19.1 Å². The van der Waals surface area contributed by atoms with Crippen molar-refractivity contribution in [2.45, 2.75) is 94.8 Å². The molecule has 5 aromatic rings. The van der Waals surface area contributed by atoms with Crippen LogP contribution in [0.1, 0.15) is 105 Å². The molecule has 1 amide bonds. The molecule has 8 rings (SSSR count). The first-order valence-corrected chi connectivity index (χ1v) is 21.6. The largest absolute Gasteiger partial charge is 0.507 e. The number of nitrogen functional groups attached to an aromatic ring is 2. The SMILES string of the molecule is COc1cccc2c1C(=O)c1c(O)c3c(c(O)c1C2=O)C[C@@](O)(C(C)=O)C[C@@H]3O[C@H]1C[C@H](N)[C@H](O)[C@H](C)O1.Nc1nc(N)c2nc(CNc3ccc(C(=O)NC(CCC(=O)O)C(=O)O)cc3)cnc2n1. The zero-order chi connectivity index (χ0) is 50.9. The van der Waals surface area contributed by atoms with E-state index in [1.807, 2.05) is 0 Å². The number of aliphatic carboxylic acids is 2. The van der Waals surface area contributed by atoms with Crippen molar-refractivity contribution >= 4 is 63.8 Å². The Hall–Kier alpha value is -7.90. The van der Waals surface area contributed by atoms with Crippen molar-refractivity contribution in [1.82, 2.24) is 25.3 Å². The van der Waals surface area contributed by atoms with Crippen LogP contribution in [-0.2, 0) is 36.8 Å². The van der Waals surface area contributed by atoms with Crippen LogP contribution in [0.15, 0.2) is 48.7 Å². The summed E-state index contributed by atoms with van der Waals surface area (Å²) < 4.78 is 17.1. The second kappa shape index (κ2) is 20.0. The zero-order valence-electron chi connectivity index (χ0n) is 37.7. The van der Waals surface area contributed by atoms with E-state index in [0.29, 0.717) is 23.4 Å². The van der Waals surface area contributed by atoms with Gasteiger partial charge in [-0.25, -0.2) is 14.8 Å². The second-order valence-electron chi connectivity index (χ2n) is 16.9. The van der Waals surface area contributed by atoms with E-state index < -0.39 is 107 Å². The Bertz CT molecular complexity index is 2920. The Morgan fingerprint density at radius 1 is 0.971 bits per heavy atom. The van der Waals surface area contributed by atoms with Crippen molar-refractivity contribution in [1.29, 1.82) is 0 Å². The lowest BCUT2D eigenvalue weighted by Gasteiger charge is -2.42. The van der Waals surface area contributed by atoms with Crippen LogP contribution < -0.4 is 32.6 Å². The first-order valence-electron chi connectivity index (χ1n) is 21.6. The second-order valence-corrected chi connectivity index (χ2v) is 16.9. The maximum Gasteiger partial charge on any atom is 0.326 e. The number of ether oxygens (including phenoxy) is 3. The molecule has 14 N–H and O–H groups in total. The Morgan fingerprint density at radius 3 is 2.31 bits per heavy atom. The lowest BCUT2D eigenvalue weighted by atomic mass is 9.72. The molecule has 70 heavy (non-hydrogen) atoms. The number of carbonyl (C=O) groups is 6. The predicted octanol–water partition coefficient (Wildman–Crippen LogP) is 1.27. The quantitative estimate of drug-likeness (QED) is 0.0726. The minimum Gasteiger partial charge on any atom is -0.507 e. The third kappa shape index (κ3) is 9.97. The van der Waals surface area contributed by atoms with Gasteiger partial charge in [0.15, 0.2) is 34.8 Å². The summed E-state index contributed by atoms with van der Waals surface area (Å²) in [5.41, 5.74) is 16.4. The van der Waals surface area contributed by atoms with E-state index in [0.717, 1.165) is 0 Å². The fourth-order valence-corrected chi connectivity index (χ4v) is 8.43. The molecule has 1 fully saturated rings. The normalized spacial score (nSPS) is 21.8. The molecule has 0 spiro atoms. The highest BCUT2D eigenvalue weighted by atomic mass is 16.7. The van der Waals surface area contributed by atoms with Gasteiger partial charge in [0, 0.05) is 59.7 Å². The molecule has 2 aliphatic carbocycles. The van der Waals surface area contributed by atoms with E-state index in [1.165, 1.54) is 50.6 Å². The summed E-state index contributed by atoms with van der Waals surface area (Å²) in [6.07, 6.45) is -3.60. The van der Waals surface area contributed by atoms with Gasteiger partial charge in [-0.2, -0.15) is 9.97 Å². The van der Waals surface area contributed by atoms with E-state index >= 15 is 0 Å². The number of aromatic hydroxyl groups is 2. The van der Waals surface area contributed by atoms with Crippen LogP contribution in [0.5, 0.6) is 17.2 Å². The number of ketones is 3. The van der Waals surface area contributed by atoms with Gasteiger partial charge in [0.05, 0.1) is 60.5 Å². The van der Waals surface area contributed by atoms with Crippen LogP contribution in [0.3, 0.4) is 0 Å². The third-order valence-electron chi connectivity index (χ3n) is 12.2. The molecule has 1 aliphatic heterocycles. The van der Waals surface area contributed by atoms with Gasteiger partial charge in [-0.15, -0.1) is 0 Å². The monoisotopic (exact) mass is 967 g/mol. The molecule has 2 aromatic heterocycles. The van der Waals surface area contributed by atoms with Crippen LogP contribution in [0.4, 0.5) is 17.5 Å². The zero-order valence-corrected chi connectivity index (χ0v) is 37.7. The number of nitrogens with zero attached hydrogens (tertiary/aromatic N) is 4. The van der Waals surface area contributed by atoms with Crippen LogP contribution >= 0.6 is 0 Å². The molecule has 1 saturated heterocycles. The number of hydrogen-bond donors (Lipinski definition) is 11. The summed E-state index contributed by atoms with van der Waals surface area (Å²) in [4.78, 5) is 90.1. The van der Waals surface area contributed by atoms with Crippen LogP contribution in [0, 0.1) is 0 Å². The van der Waals surface area contributed by atoms with Gasteiger partial charge < -0.3 is 72.7 Å². The summed E-state index contributed by atoms with van der Waals surface area (Å²) in [5, 5.41) is 67.4. The molecule has 1 unspecified atom stereocenters. The van der Waals surface area contributed by atoms with Crippen molar-refractivity contribution < 1.29 is 73.6 Å². The third-order valence-corrected chi connectivity index (χ3v) is 12.2. The molecule has 3 heterocycles. The van der Waals surface area contributed by atoms with Gasteiger partial charge in [0.25, 0.3) is 5.91 Å². The fraction of sp³-hybridized carbons (Fsp3) is 0.348. The number of hydrogen-bond acceptors (Lipinski definition) is 21. The molecule has 7 atom stereocenters. The number of Topliss-reactive ketones (excluding diaryl/α,β-unsaturated/α-hetero) is 1. The number of benzene rings is 3. The Kier molecular flexibility index (Phi) is 14.3. The summed E-state index contributed by atoms with van der Waals surface area (Å²) in [5.74, 6) is -6.11. The van der Waals surface area contributed by atoms with Crippen molar-refractivity contribution in [2.75, 3.05) is 23.9 Å². The number of aromatic nitrogens is 4. The summed E-state index contributed by atoms with van der Waals surface area (Å²) >= 11 is 0. The number of rotatable bonds is 13. The van der Waals surface area contributed by atoms with Gasteiger partial charge in [-0.1, -0.05) is 12.1 Å². The van der Waals surface area contributed by atoms with Crippen molar-refractivity contribution in [3.63, 3.8) is 0 Å². The number of phenols is 2. The number of nitrogens with two attached hydrogens (primary N) is 3. The molecular formula is C46H49N9O15. The Labute approximate surface area is 396 Å². The number of aliphatic hydroxyl groups is 2. The van der Waals surface area contributed by atoms with Gasteiger partial charge in [0.2, 0.25) is 11.7 Å². The van der Waals surface area contributed by atoms with Crippen molar-refractivity contribution in [3.8, 4) is 17.2 Å². The number of fused-ring (bicyclic) bond motifs is 4. The number of anilines is 3. The van der Waals surface area contributed by atoms with Crippen molar-refractivity contribution in [2.24, 2.45) is 5.73 Å². The average molecular weight is 968 g/mol. The van der Waals surface area contributed by atoms with Crippen molar-refractivity contribution in [3.05, 3.63) is 93.3 Å². The number of methoxy groups -OCH3 is 1. The van der Waals surface area contributed by atoms with E-state index in [4.69, 9.17) is 41.6 Å². The lowest BCUT2D eigenvalue weighted by molar-refractivity contribution is -0.247. The number of carboxylic acid groups (broad SMARTS) is 2. The Balaban J connectivity index is 0.000000210. The first kappa shape index (κ1) is 50.0. The van der Waals surface area contributed by atoms with Crippen LogP contribution in [0.2, 0.25) is 0 Å². The highest BCUT2D eigenvalue weighted by Crippen LogP contribution is 2.52. The lowest BCUT2D eigenvalue weighted by Crippen LogP contribution is -2.52. The highest BCUT2D eigenvalue weighted by molar-refractivity contribution is 6.31. The molecule has 368 valence electrons. The molecule has 0 bridgehead atoms. The molecule has 0 saturated carbocycles. The predicted molar refractivity (Wildman–Crippen MR) is 244 cm³/mol. The minimum atomic E-state index is -2.00.